The van der Waals surface area contributed by atoms with Crippen LogP contribution in [0.1, 0.15) is 33.2 Å². The zero-order valence-electron chi connectivity index (χ0n) is 16.9. The lowest BCUT2D eigenvalue weighted by molar-refractivity contribution is 0.100. The number of rotatable bonds is 7. The fourth-order valence-corrected chi connectivity index (χ4v) is 4.45. The fourth-order valence-electron chi connectivity index (χ4n) is 3.37. The topological polar surface area (TPSA) is 113 Å². The zero-order valence-corrected chi connectivity index (χ0v) is 17.7. The molecule has 0 saturated carbocycles. The Balaban J connectivity index is 1.58. The number of primary amides is 1. The first-order chi connectivity index (χ1) is 14.3. The fraction of sp³-hybridized carbons (Fsp3) is 0.333. The molecule has 0 unspecified atom stereocenters. The predicted molar refractivity (Wildman–Crippen MR) is 116 cm³/mol. The number of benzene rings is 2. The van der Waals surface area contributed by atoms with Crippen LogP contribution in [0.4, 0.5) is 5.69 Å². The number of hydrogen-bond donors (Lipinski definition) is 2. The molecule has 0 aliphatic carbocycles. The summed E-state index contributed by atoms with van der Waals surface area (Å²) in [6, 6.07) is 13.8. The van der Waals surface area contributed by atoms with E-state index in [1.54, 1.807) is 47.6 Å². The van der Waals surface area contributed by atoms with Gasteiger partial charge in [-0.25, -0.2) is 8.42 Å². The van der Waals surface area contributed by atoms with Gasteiger partial charge in [-0.2, -0.15) is 4.31 Å². The highest BCUT2D eigenvalue weighted by molar-refractivity contribution is 7.89. The van der Waals surface area contributed by atoms with Crippen LogP contribution < -0.4 is 11.1 Å². The van der Waals surface area contributed by atoms with E-state index in [1.165, 1.54) is 0 Å². The summed E-state index contributed by atoms with van der Waals surface area (Å²) in [5.74, 6) is -0.804. The Labute approximate surface area is 176 Å². The Morgan fingerprint density at radius 1 is 1.00 bits per heavy atom. The van der Waals surface area contributed by atoms with Gasteiger partial charge in [0.05, 0.1) is 17.0 Å². The second-order valence-corrected chi connectivity index (χ2v) is 9.39. The van der Waals surface area contributed by atoms with Crippen molar-refractivity contribution in [2.45, 2.75) is 13.5 Å². The second kappa shape index (κ2) is 9.38. The van der Waals surface area contributed by atoms with Gasteiger partial charge in [0.15, 0.2) is 0 Å². The molecular formula is C21H26N4O4S. The van der Waals surface area contributed by atoms with Crippen LogP contribution in [0.3, 0.4) is 0 Å². The van der Waals surface area contributed by atoms with Crippen molar-refractivity contribution in [1.29, 1.82) is 0 Å². The van der Waals surface area contributed by atoms with Gasteiger partial charge in [0.2, 0.25) is 10.0 Å². The standard InChI is InChI=1S/C21H26N4O4S/c1-2-30(28,29)25-13-11-24(12-14-25)15-16-7-9-17(10-8-16)21(27)23-19-6-4-3-5-18(19)20(22)26/h3-10H,2,11-15H2,1H3,(H2,22,26)(H,23,27). The zero-order chi connectivity index (χ0) is 21.7. The number of para-hydroxylation sites is 1. The first-order valence-electron chi connectivity index (χ1n) is 9.79. The van der Waals surface area contributed by atoms with Crippen LogP contribution in [0.2, 0.25) is 0 Å². The lowest BCUT2D eigenvalue weighted by Gasteiger charge is -2.33. The van der Waals surface area contributed by atoms with Gasteiger partial charge in [-0.3, -0.25) is 14.5 Å². The number of amides is 2. The third-order valence-electron chi connectivity index (χ3n) is 5.15. The molecule has 2 aromatic rings. The molecule has 1 saturated heterocycles. The Hall–Kier alpha value is -2.75. The van der Waals surface area contributed by atoms with Gasteiger partial charge in [0.1, 0.15) is 0 Å². The molecule has 2 amide bonds. The molecule has 8 nitrogen and oxygen atoms in total. The number of carbonyl (C=O) groups is 2. The van der Waals surface area contributed by atoms with E-state index < -0.39 is 15.9 Å². The first kappa shape index (κ1) is 21.9. The Morgan fingerprint density at radius 2 is 1.63 bits per heavy atom. The Bertz CT molecular complexity index is 1010. The molecule has 0 atom stereocenters. The number of carbonyl (C=O) groups excluding carboxylic acids is 2. The largest absolute Gasteiger partial charge is 0.366 e. The van der Waals surface area contributed by atoms with Crippen LogP contribution >= 0.6 is 0 Å². The molecule has 1 aliphatic heterocycles. The summed E-state index contributed by atoms with van der Waals surface area (Å²) in [7, 11) is -3.13. The van der Waals surface area contributed by atoms with Crippen molar-refractivity contribution in [2.75, 3.05) is 37.2 Å². The van der Waals surface area contributed by atoms with Crippen molar-refractivity contribution in [3.8, 4) is 0 Å². The average Bonchev–Trinajstić information content (AvgIpc) is 2.75. The minimum absolute atomic E-state index is 0.125. The molecule has 30 heavy (non-hydrogen) atoms. The minimum Gasteiger partial charge on any atom is -0.366 e. The summed E-state index contributed by atoms with van der Waals surface area (Å²) in [5.41, 5.74) is 7.48. The minimum atomic E-state index is -3.13. The molecule has 1 fully saturated rings. The van der Waals surface area contributed by atoms with Crippen molar-refractivity contribution in [2.24, 2.45) is 5.73 Å². The number of piperazine rings is 1. The number of hydrogen-bond acceptors (Lipinski definition) is 5. The smallest absolute Gasteiger partial charge is 0.255 e. The second-order valence-electron chi connectivity index (χ2n) is 7.14. The van der Waals surface area contributed by atoms with Crippen LogP contribution in [-0.2, 0) is 16.6 Å². The summed E-state index contributed by atoms with van der Waals surface area (Å²) in [6.07, 6.45) is 0. The molecule has 3 rings (SSSR count). The number of nitrogens with one attached hydrogen (secondary N) is 1. The Morgan fingerprint density at radius 3 is 2.23 bits per heavy atom. The maximum Gasteiger partial charge on any atom is 0.255 e. The normalized spacial score (nSPS) is 15.6. The summed E-state index contributed by atoms with van der Waals surface area (Å²) < 4.78 is 25.5. The molecule has 0 aromatic heterocycles. The molecule has 3 N–H and O–H groups in total. The summed E-state index contributed by atoms with van der Waals surface area (Å²) >= 11 is 0. The van der Waals surface area contributed by atoms with E-state index in [4.69, 9.17) is 5.73 Å². The van der Waals surface area contributed by atoms with Crippen molar-refractivity contribution in [1.82, 2.24) is 9.21 Å². The van der Waals surface area contributed by atoms with E-state index in [0.717, 1.165) is 5.56 Å². The van der Waals surface area contributed by atoms with Crippen molar-refractivity contribution < 1.29 is 18.0 Å². The van der Waals surface area contributed by atoms with Crippen LogP contribution in [0.25, 0.3) is 0 Å². The maximum atomic E-state index is 12.5. The molecule has 1 heterocycles. The quantitative estimate of drug-likeness (QED) is 0.691. The van der Waals surface area contributed by atoms with Crippen LogP contribution in [0.5, 0.6) is 0 Å². The molecule has 0 spiro atoms. The molecule has 1 aliphatic rings. The van der Waals surface area contributed by atoms with E-state index in [0.29, 0.717) is 44.0 Å². The van der Waals surface area contributed by atoms with Gasteiger partial charge in [0.25, 0.3) is 11.8 Å². The highest BCUT2D eigenvalue weighted by Gasteiger charge is 2.25. The van der Waals surface area contributed by atoms with Gasteiger partial charge in [0, 0.05) is 38.3 Å². The van der Waals surface area contributed by atoms with Gasteiger partial charge in [-0.05, 0) is 36.8 Å². The van der Waals surface area contributed by atoms with Crippen molar-refractivity contribution in [3.63, 3.8) is 0 Å². The lowest BCUT2D eigenvalue weighted by Crippen LogP contribution is -2.48. The van der Waals surface area contributed by atoms with Crippen LogP contribution in [0.15, 0.2) is 48.5 Å². The average molecular weight is 431 g/mol. The van der Waals surface area contributed by atoms with Crippen LogP contribution in [0, 0.1) is 0 Å². The number of nitrogens with zero attached hydrogens (tertiary/aromatic N) is 2. The predicted octanol–water partition coefficient (Wildman–Crippen LogP) is 1.51. The molecule has 0 bridgehead atoms. The molecule has 9 heteroatoms. The highest BCUT2D eigenvalue weighted by atomic mass is 32.2. The van der Waals surface area contributed by atoms with Crippen molar-refractivity contribution >= 4 is 27.5 Å². The van der Waals surface area contributed by atoms with Crippen molar-refractivity contribution in [3.05, 3.63) is 65.2 Å². The lowest BCUT2D eigenvalue weighted by atomic mass is 10.1. The third kappa shape index (κ3) is 5.24. The molecule has 160 valence electrons. The highest BCUT2D eigenvalue weighted by Crippen LogP contribution is 2.17. The molecule has 2 aromatic carbocycles. The van der Waals surface area contributed by atoms with E-state index in [2.05, 4.69) is 10.2 Å². The van der Waals surface area contributed by atoms with Gasteiger partial charge < -0.3 is 11.1 Å². The number of nitrogens with two attached hydrogens (primary N) is 1. The van der Waals surface area contributed by atoms with Gasteiger partial charge in [-0.1, -0.05) is 24.3 Å². The first-order valence-corrected chi connectivity index (χ1v) is 11.4. The van der Waals surface area contributed by atoms with Gasteiger partial charge in [-0.15, -0.1) is 0 Å². The summed E-state index contributed by atoms with van der Waals surface area (Å²) in [4.78, 5) is 26.2. The molecular weight excluding hydrogens is 404 g/mol. The van der Waals surface area contributed by atoms with Crippen LogP contribution in [-0.4, -0.2) is 61.4 Å². The Kier molecular flexibility index (Phi) is 6.86. The monoisotopic (exact) mass is 430 g/mol. The SMILES string of the molecule is CCS(=O)(=O)N1CCN(Cc2ccc(C(=O)Nc3ccccc3C(N)=O)cc2)CC1. The van der Waals surface area contributed by atoms with E-state index in [1.807, 2.05) is 12.1 Å². The maximum absolute atomic E-state index is 12.5. The summed E-state index contributed by atoms with van der Waals surface area (Å²) in [5, 5.41) is 2.72. The van der Waals surface area contributed by atoms with E-state index in [-0.39, 0.29) is 17.2 Å². The van der Waals surface area contributed by atoms with E-state index >= 15 is 0 Å². The molecule has 0 radical (unpaired) electrons. The van der Waals surface area contributed by atoms with E-state index in [9.17, 15) is 18.0 Å². The summed E-state index contributed by atoms with van der Waals surface area (Å²) in [6.45, 7) is 4.68. The third-order valence-corrected chi connectivity index (χ3v) is 7.03. The number of anilines is 1. The number of sulfonamides is 1. The van der Waals surface area contributed by atoms with Gasteiger partial charge >= 0.3 is 0 Å².